The average Bonchev–Trinajstić information content (AvgIpc) is 1.83. The molecule has 2 nitrogen and oxygen atoms in total. The molecule has 0 saturated heterocycles. The minimum absolute atomic E-state index is 0.335. The monoisotopic (exact) mass is 128 g/mol. The molecule has 0 aromatic heterocycles. The Balaban J connectivity index is 3.98. The molecule has 3 heteroatoms. The third-order valence-electron chi connectivity index (χ3n) is 0.658. The molecule has 0 aromatic rings. The Kier molecular flexibility index (Phi) is 3.51. The Hall–Kier alpha value is -0.990. The molecule has 0 heterocycles. The van der Waals surface area contributed by atoms with Crippen molar-refractivity contribution in [3.63, 3.8) is 0 Å². The van der Waals surface area contributed by atoms with Gasteiger partial charge in [0, 0.05) is 0 Å². The van der Waals surface area contributed by atoms with E-state index in [-0.39, 0.29) is 5.83 Å². The molecule has 0 atom stereocenters. The van der Waals surface area contributed by atoms with Gasteiger partial charge in [-0.3, -0.25) is 0 Å². The van der Waals surface area contributed by atoms with E-state index in [9.17, 15) is 4.39 Å². The predicted octanol–water partition coefficient (Wildman–Crippen LogP) is 1.94. The zero-order chi connectivity index (χ0) is 7.28. The lowest BCUT2D eigenvalue weighted by molar-refractivity contribution is 0.637. The summed E-state index contributed by atoms with van der Waals surface area (Å²) in [5.74, 6) is 0.130. The molecule has 0 spiro atoms. The van der Waals surface area contributed by atoms with E-state index in [4.69, 9.17) is 0 Å². The van der Waals surface area contributed by atoms with Gasteiger partial charge in [0.15, 0.2) is 0 Å². The Morgan fingerprint density at radius 1 is 1.56 bits per heavy atom. The van der Waals surface area contributed by atoms with E-state index in [1.807, 2.05) is 0 Å². The molecule has 0 bridgehead atoms. The largest absolute Gasteiger partial charge is 0.250 e. The first-order valence-corrected chi connectivity index (χ1v) is 2.50. The van der Waals surface area contributed by atoms with Crippen molar-refractivity contribution in [2.75, 3.05) is 0 Å². The van der Waals surface area contributed by atoms with Gasteiger partial charge in [0.1, 0.15) is 11.7 Å². The van der Waals surface area contributed by atoms with E-state index >= 15 is 0 Å². The summed E-state index contributed by atoms with van der Waals surface area (Å²) in [6.07, 6.45) is 1.10. The lowest BCUT2D eigenvalue weighted by atomic mass is 10.6. The number of nitrogens with zero attached hydrogens (tertiary/aromatic N) is 2. The van der Waals surface area contributed by atoms with E-state index in [0.717, 1.165) is 6.20 Å². The smallest absolute Gasteiger partial charge is 0.124 e. The van der Waals surface area contributed by atoms with Gasteiger partial charge in [-0.25, -0.2) is 14.4 Å². The zero-order valence-corrected chi connectivity index (χ0v) is 5.56. The first-order chi connectivity index (χ1) is 4.16. The fraction of sp³-hybridized carbons (Fsp3) is 0.333. The maximum atomic E-state index is 11.9. The first-order valence-electron chi connectivity index (χ1n) is 2.50. The molecule has 9 heavy (non-hydrogen) atoms. The van der Waals surface area contributed by atoms with Crippen LogP contribution in [0.15, 0.2) is 22.0 Å². The van der Waals surface area contributed by atoms with Gasteiger partial charge in [0.05, 0.1) is 6.20 Å². The van der Waals surface area contributed by atoms with E-state index in [1.54, 1.807) is 6.92 Å². The fourth-order valence-electron chi connectivity index (χ4n) is 0.223. The summed E-state index contributed by atoms with van der Waals surface area (Å²) in [6.45, 7) is 6.17. The number of aliphatic imine (C=N–C) groups is 2. The summed E-state index contributed by atoms with van der Waals surface area (Å²) in [4.78, 5) is 7.04. The molecule has 0 rings (SSSR count). The summed E-state index contributed by atoms with van der Waals surface area (Å²) in [5.41, 5.74) is 0. The molecule has 50 valence electrons. The molecule has 0 aliphatic rings. The Labute approximate surface area is 53.8 Å². The number of halogens is 1. The van der Waals surface area contributed by atoms with Crippen molar-refractivity contribution in [1.29, 1.82) is 0 Å². The highest BCUT2D eigenvalue weighted by molar-refractivity contribution is 5.84. The standard InChI is InChI=1S/C6H9FN2/c1-5(7)4-9-6(2)8-3/h4H,3H2,1-2H3/b5-4+,9-6-. The van der Waals surface area contributed by atoms with Crippen LogP contribution >= 0.6 is 0 Å². The van der Waals surface area contributed by atoms with Crippen LogP contribution in [0.4, 0.5) is 4.39 Å². The second kappa shape index (κ2) is 3.95. The van der Waals surface area contributed by atoms with E-state index in [2.05, 4.69) is 16.7 Å². The van der Waals surface area contributed by atoms with Crippen LogP contribution in [0.3, 0.4) is 0 Å². The normalized spacial score (nSPS) is 13.7. The molecular weight excluding hydrogens is 119 g/mol. The Morgan fingerprint density at radius 2 is 2.11 bits per heavy atom. The highest BCUT2D eigenvalue weighted by atomic mass is 19.1. The van der Waals surface area contributed by atoms with Gasteiger partial charge >= 0.3 is 0 Å². The van der Waals surface area contributed by atoms with Crippen molar-refractivity contribution in [2.45, 2.75) is 13.8 Å². The van der Waals surface area contributed by atoms with Gasteiger partial charge in [-0.05, 0) is 20.6 Å². The summed E-state index contributed by atoms with van der Waals surface area (Å²) < 4.78 is 11.9. The van der Waals surface area contributed by atoms with Gasteiger partial charge in [0.2, 0.25) is 0 Å². The summed E-state index contributed by atoms with van der Waals surface area (Å²) in [6, 6.07) is 0. The van der Waals surface area contributed by atoms with E-state index in [1.165, 1.54) is 6.92 Å². The van der Waals surface area contributed by atoms with Crippen LogP contribution in [0.1, 0.15) is 13.8 Å². The molecule has 0 unspecified atom stereocenters. The maximum absolute atomic E-state index is 11.9. The summed E-state index contributed by atoms with van der Waals surface area (Å²) in [7, 11) is 0. The predicted molar refractivity (Wildman–Crippen MR) is 37.5 cm³/mol. The third-order valence-corrected chi connectivity index (χ3v) is 0.658. The van der Waals surface area contributed by atoms with Crippen LogP contribution in [0.2, 0.25) is 0 Å². The SMILES string of the molecule is C=N/C(C)=N\C=C(/C)F. The number of amidine groups is 1. The van der Waals surface area contributed by atoms with Crippen molar-refractivity contribution < 1.29 is 4.39 Å². The quantitative estimate of drug-likeness (QED) is 0.381. The fourth-order valence-corrected chi connectivity index (χ4v) is 0.223. The molecule has 0 aliphatic carbocycles. The number of hydrogen-bond acceptors (Lipinski definition) is 1. The van der Waals surface area contributed by atoms with Crippen molar-refractivity contribution in [1.82, 2.24) is 0 Å². The highest BCUT2D eigenvalue weighted by Crippen LogP contribution is 1.92. The minimum Gasteiger partial charge on any atom is -0.250 e. The van der Waals surface area contributed by atoms with Crippen LogP contribution in [-0.4, -0.2) is 12.6 Å². The van der Waals surface area contributed by atoms with Crippen molar-refractivity contribution in [3.05, 3.63) is 12.0 Å². The topological polar surface area (TPSA) is 24.7 Å². The molecule has 0 aromatic carbocycles. The van der Waals surface area contributed by atoms with Crippen LogP contribution in [0.5, 0.6) is 0 Å². The molecule has 0 amide bonds. The van der Waals surface area contributed by atoms with Gasteiger partial charge in [-0.1, -0.05) is 0 Å². The number of rotatable bonds is 1. The van der Waals surface area contributed by atoms with Gasteiger partial charge in [0.25, 0.3) is 0 Å². The maximum Gasteiger partial charge on any atom is 0.124 e. The molecule has 0 saturated carbocycles. The molecule has 0 N–H and O–H groups in total. The molecular formula is C6H9FN2. The number of allylic oxidation sites excluding steroid dienone is 1. The van der Waals surface area contributed by atoms with Gasteiger partial charge in [-0.15, -0.1) is 0 Å². The highest BCUT2D eigenvalue weighted by Gasteiger charge is 1.79. The first kappa shape index (κ1) is 8.01. The second-order valence-electron chi connectivity index (χ2n) is 1.55. The summed E-state index contributed by atoms with van der Waals surface area (Å²) in [5, 5.41) is 0. The lowest BCUT2D eigenvalue weighted by Crippen LogP contribution is -1.79. The van der Waals surface area contributed by atoms with Crippen LogP contribution in [0, 0.1) is 0 Å². The van der Waals surface area contributed by atoms with Crippen molar-refractivity contribution >= 4 is 12.6 Å². The summed E-state index contributed by atoms with van der Waals surface area (Å²) >= 11 is 0. The van der Waals surface area contributed by atoms with Crippen LogP contribution in [-0.2, 0) is 0 Å². The minimum atomic E-state index is -0.335. The van der Waals surface area contributed by atoms with E-state index in [0.29, 0.717) is 5.84 Å². The third kappa shape index (κ3) is 4.87. The Morgan fingerprint density at radius 3 is 2.44 bits per heavy atom. The van der Waals surface area contributed by atoms with Crippen molar-refractivity contribution in [2.24, 2.45) is 9.98 Å². The van der Waals surface area contributed by atoms with Gasteiger partial charge < -0.3 is 0 Å². The van der Waals surface area contributed by atoms with Gasteiger partial charge in [-0.2, -0.15) is 0 Å². The molecule has 0 radical (unpaired) electrons. The second-order valence-corrected chi connectivity index (χ2v) is 1.55. The van der Waals surface area contributed by atoms with Crippen LogP contribution in [0.25, 0.3) is 0 Å². The molecule has 0 fully saturated rings. The Bertz CT molecular complexity index is 154. The van der Waals surface area contributed by atoms with E-state index < -0.39 is 0 Å². The molecule has 0 aliphatic heterocycles. The number of hydrogen-bond donors (Lipinski definition) is 0. The zero-order valence-electron chi connectivity index (χ0n) is 5.56. The van der Waals surface area contributed by atoms with Crippen molar-refractivity contribution in [3.8, 4) is 0 Å². The average molecular weight is 128 g/mol. The lowest BCUT2D eigenvalue weighted by Gasteiger charge is -1.83. The van der Waals surface area contributed by atoms with Crippen LogP contribution < -0.4 is 0 Å².